The lowest BCUT2D eigenvalue weighted by atomic mass is 10.2. The van der Waals surface area contributed by atoms with Crippen LogP contribution in [-0.4, -0.2) is 50.8 Å². The molecule has 0 heterocycles. The summed E-state index contributed by atoms with van der Waals surface area (Å²) in [6, 6.07) is 1.33. The van der Waals surface area contributed by atoms with E-state index in [1.54, 1.807) is 7.11 Å². The first-order valence-electron chi connectivity index (χ1n) is 6.20. The molecular weight excluding hydrogens is 188 g/mol. The SMILES string of the molecule is CCCCN(C)C(CNC1CC1)COC. The van der Waals surface area contributed by atoms with Gasteiger partial charge in [0.05, 0.1) is 6.61 Å². The van der Waals surface area contributed by atoms with Gasteiger partial charge in [-0.15, -0.1) is 0 Å². The van der Waals surface area contributed by atoms with Crippen molar-refractivity contribution in [2.75, 3.05) is 33.9 Å². The first kappa shape index (κ1) is 12.9. The normalized spacial score (nSPS) is 18.4. The van der Waals surface area contributed by atoms with Crippen LogP contribution in [-0.2, 0) is 4.74 Å². The predicted molar refractivity (Wildman–Crippen MR) is 64.2 cm³/mol. The number of ether oxygens (including phenoxy) is 1. The van der Waals surface area contributed by atoms with Gasteiger partial charge >= 0.3 is 0 Å². The summed E-state index contributed by atoms with van der Waals surface area (Å²) in [6.45, 7) is 5.32. The molecule has 0 saturated heterocycles. The number of nitrogens with zero attached hydrogens (tertiary/aromatic N) is 1. The second kappa shape index (κ2) is 7.20. The molecule has 1 N–H and O–H groups in total. The number of likely N-dealkylation sites (N-methyl/N-ethyl adjacent to an activating group) is 1. The molecule has 1 aliphatic rings. The highest BCUT2D eigenvalue weighted by Gasteiger charge is 2.23. The summed E-state index contributed by atoms with van der Waals surface area (Å²) < 4.78 is 5.28. The Kier molecular flexibility index (Phi) is 6.22. The Morgan fingerprint density at radius 3 is 2.73 bits per heavy atom. The van der Waals surface area contributed by atoms with Gasteiger partial charge in [0.2, 0.25) is 0 Å². The molecule has 90 valence electrons. The van der Waals surface area contributed by atoms with Gasteiger partial charge < -0.3 is 10.1 Å². The van der Waals surface area contributed by atoms with E-state index in [0.29, 0.717) is 6.04 Å². The van der Waals surface area contributed by atoms with Gasteiger partial charge in [-0.25, -0.2) is 0 Å². The maximum absolute atomic E-state index is 5.28. The topological polar surface area (TPSA) is 24.5 Å². The minimum absolute atomic E-state index is 0.530. The van der Waals surface area contributed by atoms with Crippen LogP contribution in [0.25, 0.3) is 0 Å². The Bertz CT molecular complexity index is 160. The van der Waals surface area contributed by atoms with Crippen molar-refractivity contribution in [1.29, 1.82) is 0 Å². The molecular formula is C12H26N2O. The molecule has 0 aromatic carbocycles. The van der Waals surface area contributed by atoms with Gasteiger partial charge in [0.15, 0.2) is 0 Å². The summed E-state index contributed by atoms with van der Waals surface area (Å²) in [4.78, 5) is 2.42. The molecule has 0 spiro atoms. The van der Waals surface area contributed by atoms with E-state index in [1.165, 1.54) is 32.2 Å². The van der Waals surface area contributed by atoms with E-state index in [4.69, 9.17) is 4.74 Å². The van der Waals surface area contributed by atoms with Gasteiger partial charge in [-0.1, -0.05) is 13.3 Å². The summed E-state index contributed by atoms with van der Waals surface area (Å²) in [5.74, 6) is 0. The summed E-state index contributed by atoms with van der Waals surface area (Å²) in [5.41, 5.74) is 0. The van der Waals surface area contributed by atoms with Gasteiger partial charge in [0.1, 0.15) is 0 Å². The first-order valence-corrected chi connectivity index (χ1v) is 6.20. The monoisotopic (exact) mass is 214 g/mol. The van der Waals surface area contributed by atoms with Crippen LogP contribution in [0.2, 0.25) is 0 Å². The second-order valence-electron chi connectivity index (χ2n) is 4.63. The third kappa shape index (κ3) is 5.50. The van der Waals surface area contributed by atoms with Crippen LogP contribution in [0.1, 0.15) is 32.6 Å². The Hall–Kier alpha value is -0.120. The van der Waals surface area contributed by atoms with Gasteiger partial charge in [-0.05, 0) is 32.9 Å². The zero-order chi connectivity index (χ0) is 11.1. The molecule has 0 aliphatic heterocycles. The lowest BCUT2D eigenvalue weighted by molar-refractivity contribution is 0.104. The van der Waals surface area contributed by atoms with Crippen LogP contribution < -0.4 is 5.32 Å². The van der Waals surface area contributed by atoms with Gasteiger partial charge in [-0.3, -0.25) is 4.90 Å². The average Bonchev–Trinajstić information content (AvgIpc) is 3.04. The number of hydrogen-bond donors (Lipinski definition) is 1. The van der Waals surface area contributed by atoms with Crippen LogP contribution >= 0.6 is 0 Å². The number of unbranched alkanes of at least 4 members (excludes halogenated alkanes) is 1. The van der Waals surface area contributed by atoms with Gasteiger partial charge in [0, 0.05) is 25.7 Å². The highest BCUT2D eigenvalue weighted by molar-refractivity contribution is 4.83. The average molecular weight is 214 g/mol. The standard InChI is InChI=1S/C12H26N2O/c1-4-5-8-14(2)12(10-15-3)9-13-11-6-7-11/h11-13H,4-10H2,1-3H3. The van der Waals surface area contributed by atoms with Crippen molar-refractivity contribution < 1.29 is 4.74 Å². The molecule has 0 aromatic rings. The summed E-state index contributed by atoms with van der Waals surface area (Å²) in [6.07, 6.45) is 5.26. The molecule has 1 unspecified atom stereocenters. The Morgan fingerprint density at radius 2 is 2.20 bits per heavy atom. The summed E-state index contributed by atoms with van der Waals surface area (Å²) in [7, 11) is 3.99. The first-order chi connectivity index (χ1) is 7.27. The van der Waals surface area contributed by atoms with E-state index >= 15 is 0 Å². The Balaban J connectivity index is 2.19. The fourth-order valence-electron chi connectivity index (χ4n) is 1.71. The van der Waals surface area contributed by atoms with Crippen molar-refractivity contribution in [3.8, 4) is 0 Å². The van der Waals surface area contributed by atoms with Crippen molar-refractivity contribution in [2.24, 2.45) is 0 Å². The molecule has 1 rings (SSSR count). The van der Waals surface area contributed by atoms with E-state index in [9.17, 15) is 0 Å². The summed E-state index contributed by atoms with van der Waals surface area (Å²) in [5, 5.41) is 3.58. The smallest absolute Gasteiger partial charge is 0.0630 e. The number of nitrogens with one attached hydrogen (secondary N) is 1. The molecule has 15 heavy (non-hydrogen) atoms. The molecule has 1 saturated carbocycles. The lowest BCUT2D eigenvalue weighted by Gasteiger charge is -2.27. The van der Waals surface area contributed by atoms with Crippen molar-refractivity contribution in [3.05, 3.63) is 0 Å². The van der Waals surface area contributed by atoms with Crippen LogP contribution in [0.15, 0.2) is 0 Å². The van der Waals surface area contributed by atoms with Gasteiger partial charge in [0.25, 0.3) is 0 Å². The third-order valence-corrected chi connectivity index (χ3v) is 3.07. The van der Waals surface area contributed by atoms with E-state index in [0.717, 1.165) is 19.2 Å². The Morgan fingerprint density at radius 1 is 1.47 bits per heavy atom. The zero-order valence-electron chi connectivity index (χ0n) is 10.5. The highest BCUT2D eigenvalue weighted by Crippen LogP contribution is 2.18. The molecule has 1 atom stereocenters. The minimum Gasteiger partial charge on any atom is -0.383 e. The minimum atomic E-state index is 0.530. The van der Waals surface area contributed by atoms with E-state index in [2.05, 4.69) is 24.2 Å². The third-order valence-electron chi connectivity index (χ3n) is 3.07. The molecule has 0 aromatic heterocycles. The largest absolute Gasteiger partial charge is 0.383 e. The molecule has 1 aliphatic carbocycles. The van der Waals surface area contributed by atoms with E-state index in [-0.39, 0.29) is 0 Å². The fraction of sp³-hybridized carbons (Fsp3) is 1.00. The van der Waals surface area contributed by atoms with Crippen molar-refractivity contribution in [1.82, 2.24) is 10.2 Å². The molecule has 0 amide bonds. The summed E-state index contributed by atoms with van der Waals surface area (Å²) >= 11 is 0. The Labute approximate surface area is 94.2 Å². The predicted octanol–water partition coefficient (Wildman–Crippen LogP) is 1.49. The van der Waals surface area contributed by atoms with Gasteiger partial charge in [-0.2, -0.15) is 0 Å². The molecule has 3 nitrogen and oxygen atoms in total. The van der Waals surface area contributed by atoms with Crippen molar-refractivity contribution in [2.45, 2.75) is 44.7 Å². The van der Waals surface area contributed by atoms with Crippen molar-refractivity contribution >= 4 is 0 Å². The van der Waals surface area contributed by atoms with E-state index < -0.39 is 0 Å². The van der Waals surface area contributed by atoms with Crippen LogP contribution in [0.5, 0.6) is 0 Å². The lowest BCUT2D eigenvalue weighted by Crippen LogP contribution is -2.44. The zero-order valence-corrected chi connectivity index (χ0v) is 10.5. The van der Waals surface area contributed by atoms with Crippen molar-refractivity contribution in [3.63, 3.8) is 0 Å². The molecule has 0 bridgehead atoms. The molecule has 1 fully saturated rings. The fourth-order valence-corrected chi connectivity index (χ4v) is 1.71. The maximum Gasteiger partial charge on any atom is 0.0630 e. The number of hydrogen-bond acceptors (Lipinski definition) is 3. The van der Waals surface area contributed by atoms with E-state index in [1.807, 2.05) is 0 Å². The van der Waals surface area contributed by atoms with Crippen LogP contribution in [0.3, 0.4) is 0 Å². The highest BCUT2D eigenvalue weighted by atomic mass is 16.5. The maximum atomic E-state index is 5.28. The second-order valence-corrected chi connectivity index (χ2v) is 4.63. The molecule has 3 heteroatoms. The number of rotatable bonds is 9. The van der Waals surface area contributed by atoms with Crippen LogP contribution in [0.4, 0.5) is 0 Å². The van der Waals surface area contributed by atoms with Crippen LogP contribution in [0, 0.1) is 0 Å². The number of methoxy groups -OCH3 is 1. The quantitative estimate of drug-likeness (QED) is 0.629. The molecule has 0 radical (unpaired) electrons.